The van der Waals surface area contributed by atoms with E-state index in [-0.39, 0.29) is 11.2 Å². The number of methoxy groups -OCH3 is 1. The molecule has 2 aromatic heterocycles. The molecular formula is C19H22N6O3. The molecule has 0 amide bonds. The number of H-pyrrole nitrogens is 1. The number of imidazole rings is 1. The molecule has 0 aliphatic carbocycles. The molecule has 28 heavy (non-hydrogen) atoms. The number of rotatable bonds is 6. The lowest BCUT2D eigenvalue weighted by atomic mass is 10.1. The van der Waals surface area contributed by atoms with E-state index in [1.165, 1.54) is 4.57 Å². The fourth-order valence-corrected chi connectivity index (χ4v) is 2.77. The minimum atomic E-state index is -0.526. The van der Waals surface area contributed by atoms with E-state index in [1.54, 1.807) is 18.7 Å². The van der Waals surface area contributed by atoms with Crippen LogP contribution in [0.2, 0.25) is 0 Å². The van der Waals surface area contributed by atoms with Crippen molar-refractivity contribution in [3.63, 3.8) is 0 Å². The summed E-state index contributed by atoms with van der Waals surface area (Å²) in [5.41, 5.74) is 4.88. The summed E-state index contributed by atoms with van der Waals surface area (Å²) < 4.78 is 8.10. The first-order valence-electron chi connectivity index (χ1n) is 8.60. The van der Waals surface area contributed by atoms with Gasteiger partial charge in [0.2, 0.25) is 5.95 Å². The average molecular weight is 382 g/mol. The van der Waals surface area contributed by atoms with Crippen LogP contribution in [0.25, 0.3) is 11.2 Å². The molecule has 2 heterocycles. The van der Waals surface area contributed by atoms with Crippen molar-refractivity contribution < 1.29 is 4.74 Å². The quantitative estimate of drug-likeness (QED) is 0.384. The summed E-state index contributed by atoms with van der Waals surface area (Å²) in [6, 6.07) is 7.48. The highest BCUT2D eigenvalue weighted by atomic mass is 16.5. The highest BCUT2D eigenvalue weighted by molar-refractivity contribution is 5.99. The van der Waals surface area contributed by atoms with Gasteiger partial charge in [0.15, 0.2) is 11.2 Å². The maximum absolute atomic E-state index is 12.4. The lowest BCUT2D eigenvalue weighted by Crippen LogP contribution is -2.29. The number of ether oxygens (including phenoxy) is 1. The summed E-state index contributed by atoms with van der Waals surface area (Å²) in [4.78, 5) is 30.9. The maximum atomic E-state index is 12.4. The van der Waals surface area contributed by atoms with Gasteiger partial charge in [0.25, 0.3) is 5.56 Å². The molecule has 146 valence electrons. The van der Waals surface area contributed by atoms with E-state index in [4.69, 9.17) is 4.74 Å². The van der Waals surface area contributed by atoms with Gasteiger partial charge in [-0.25, -0.2) is 10.2 Å². The van der Waals surface area contributed by atoms with Crippen LogP contribution < -0.4 is 21.4 Å². The third kappa shape index (κ3) is 3.59. The maximum Gasteiger partial charge on any atom is 0.329 e. The standard InChI is InChI=1S/C19H22N6O3/c1-11(2)10-25-15-16(24(4)19(27)21-17(15)26)20-18(25)23-22-12(3)13-6-8-14(28-5)9-7-13/h6-9H,1,10H2,2-5H3,(H,20,23)(H,21,26,27)/b22-12-. The SMILES string of the molecule is C=C(C)Cn1c(N/N=C(/C)c2ccc(OC)cc2)nc2c1c(=O)[nH]c(=O)n2C. The van der Waals surface area contributed by atoms with Gasteiger partial charge in [0.05, 0.1) is 12.8 Å². The zero-order valence-electron chi connectivity index (χ0n) is 16.2. The summed E-state index contributed by atoms with van der Waals surface area (Å²) in [5, 5.41) is 4.38. The van der Waals surface area contributed by atoms with Crippen molar-refractivity contribution in [2.24, 2.45) is 12.1 Å². The first-order chi connectivity index (χ1) is 13.3. The van der Waals surface area contributed by atoms with Crippen LogP contribution in [0, 0.1) is 0 Å². The van der Waals surface area contributed by atoms with Gasteiger partial charge in [-0.3, -0.25) is 18.9 Å². The minimum Gasteiger partial charge on any atom is -0.497 e. The molecule has 0 bridgehead atoms. The van der Waals surface area contributed by atoms with Crippen LogP contribution in [0.5, 0.6) is 5.75 Å². The number of benzene rings is 1. The zero-order chi connectivity index (χ0) is 20.4. The van der Waals surface area contributed by atoms with Crippen molar-refractivity contribution >= 4 is 22.8 Å². The van der Waals surface area contributed by atoms with Gasteiger partial charge in [0, 0.05) is 13.6 Å². The number of allylic oxidation sites excluding steroid dienone is 1. The Morgan fingerprint density at radius 1 is 1.29 bits per heavy atom. The second kappa shape index (κ2) is 7.55. The Bertz CT molecular complexity index is 1180. The summed E-state index contributed by atoms with van der Waals surface area (Å²) in [5.74, 6) is 1.10. The van der Waals surface area contributed by atoms with Crippen LogP contribution in [-0.2, 0) is 13.6 Å². The molecule has 3 aromatic rings. The summed E-state index contributed by atoms with van der Waals surface area (Å²) in [6.07, 6.45) is 0. The van der Waals surface area contributed by atoms with Gasteiger partial charge in [-0.1, -0.05) is 12.2 Å². The van der Waals surface area contributed by atoms with E-state index in [0.29, 0.717) is 12.5 Å². The van der Waals surface area contributed by atoms with Gasteiger partial charge < -0.3 is 4.74 Å². The topological polar surface area (TPSA) is 106 Å². The minimum absolute atomic E-state index is 0.273. The van der Waals surface area contributed by atoms with Crippen molar-refractivity contribution in [2.45, 2.75) is 20.4 Å². The Hall–Kier alpha value is -3.62. The molecule has 0 aliphatic rings. The highest BCUT2D eigenvalue weighted by Crippen LogP contribution is 2.17. The third-order valence-corrected chi connectivity index (χ3v) is 4.27. The fourth-order valence-electron chi connectivity index (χ4n) is 2.77. The Kier molecular flexibility index (Phi) is 5.16. The van der Waals surface area contributed by atoms with E-state index in [1.807, 2.05) is 38.1 Å². The number of nitrogens with zero attached hydrogens (tertiary/aromatic N) is 4. The molecule has 0 unspecified atom stereocenters. The lowest BCUT2D eigenvalue weighted by Gasteiger charge is -2.08. The molecule has 3 rings (SSSR count). The fraction of sp³-hybridized carbons (Fsp3) is 0.263. The molecule has 0 spiro atoms. The molecule has 0 atom stereocenters. The Morgan fingerprint density at radius 3 is 2.57 bits per heavy atom. The molecule has 0 saturated carbocycles. The first kappa shape index (κ1) is 19.2. The molecule has 0 saturated heterocycles. The monoisotopic (exact) mass is 382 g/mol. The molecule has 2 N–H and O–H groups in total. The van der Waals surface area contributed by atoms with Crippen LogP contribution in [0.1, 0.15) is 19.4 Å². The number of fused-ring (bicyclic) bond motifs is 1. The number of aromatic nitrogens is 4. The predicted molar refractivity (Wildman–Crippen MR) is 109 cm³/mol. The van der Waals surface area contributed by atoms with Crippen molar-refractivity contribution in [1.82, 2.24) is 19.1 Å². The smallest absolute Gasteiger partial charge is 0.329 e. The molecule has 1 aromatic carbocycles. The Labute approximate surface area is 161 Å². The second-order valence-corrected chi connectivity index (χ2v) is 6.51. The van der Waals surface area contributed by atoms with Crippen molar-refractivity contribution in [3.05, 3.63) is 62.8 Å². The van der Waals surface area contributed by atoms with Crippen LogP contribution in [0.15, 0.2) is 51.1 Å². The number of aryl methyl sites for hydroxylation is 1. The van der Waals surface area contributed by atoms with Crippen LogP contribution >= 0.6 is 0 Å². The average Bonchev–Trinajstić information content (AvgIpc) is 3.02. The van der Waals surface area contributed by atoms with Crippen LogP contribution in [0.3, 0.4) is 0 Å². The van der Waals surface area contributed by atoms with Gasteiger partial charge >= 0.3 is 5.69 Å². The summed E-state index contributed by atoms with van der Waals surface area (Å²) >= 11 is 0. The number of anilines is 1. The van der Waals surface area contributed by atoms with Crippen LogP contribution in [0.4, 0.5) is 5.95 Å². The Morgan fingerprint density at radius 2 is 1.96 bits per heavy atom. The van der Waals surface area contributed by atoms with Gasteiger partial charge in [-0.15, -0.1) is 0 Å². The number of hydrogen-bond donors (Lipinski definition) is 2. The van der Waals surface area contributed by atoms with E-state index in [9.17, 15) is 9.59 Å². The normalized spacial score (nSPS) is 11.6. The zero-order valence-corrected chi connectivity index (χ0v) is 16.2. The van der Waals surface area contributed by atoms with Gasteiger partial charge in [-0.05, 0) is 43.7 Å². The van der Waals surface area contributed by atoms with Crippen molar-refractivity contribution in [3.8, 4) is 5.75 Å². The molecule has 0 radical (unpaired) electrons. The number of aromatic amines is 1. The molecule has 9 nitrogen and oxygen atoms in total. The van der Waals surface area contributed by atoms with E-state index < -0.39 is 11.2 Å². The highest BCUT2D eigenvalue weighted by Gasteiger charge is 2.17. The van der Waals surface area contributed by atoms with Crippen LogP contribution in [-0.4, -0.2) is 31.9 Å². The number of nitrogens with one attached hydrogen (secondary N) is 2. The molecule has 0 aliphatic heterocycles. The lowest BCUT2D eigenvalue weighted by molar-refractivity contribution is 0.415. The number of hydrazone groups is 1. The summed E-state index contributed by atoms with van der Waals surface area (Å²) in [7, 11) is 3.16. The van der Waals surface area contributed by atoms with Crippen molar-refractivity contribution in [2.75, 3.05) is 12.5 Å². The first-order valence-corrected chi connectivity index (χ1v) is 8.60. The van der Waals surface area contributed by atoms with E-state index >= 15 is 0 Å². The molecule has 0 fully saturated rings. The molecular weight excluding hydrogens is 360 g/mol. The van der Waals surface area contributed by atoms with Gasteiger partial charge in [-0.2, -0.15) is 10.1 Å². The summed E-state index contributed by atoms with van der Waals surface area (Å²) in [6.45, 7) is 7.96. The third-order valence-electron chi connectivity index (χ3n) is 4.27. The van der Waals surface area contributed by atoms with E-state index in [0.717, 1.165) is 22.6 Å². The van der Waals surface area contributed by atoms with Crippen molar-refractivity contribution in [1.29, 1.82) is 0 Å². The molecule has 9 heteroatoms. The largest absolute Gasteiger partial charge is 0.497 e. The number of hydrogen-bond acceptors (Lipinski definition) is 6. The Balaban J connectivity index is 2.05. The predicted octanol–water partition coefficient (Wildman–Crippen LogP) is 1.84. The van der Waals surface area contributed by atoms with Gasteiger partial charge in [0.1, 0.15) is 5.75 Å². The second-order valence-electron chi connectivity index (χ2n) is 6.51. The van der Waals surface area contributed by atoms with E-state index in [2.05, 4.69) is 27.1 Å².